The van der Waals surface area contributed by atoms with Gasteiger partial charge in [0.2, 0.25) is 0 Å². The lowest BCUT2D eigenvalue weighted by atomic mass is 10.2. The fraction of sp³-hybridized carbons (Fsp3) is 0.455. The zero-order valence-electron chi connectivity index (χ0n) is 8.59. The SMILES string of the molecule is CNCCCNCc1ccccc1O. The minimum absolute atomic E-state index is 0.369. The van der Waals surface area contributed by atoms with Crippen LogP contribution in [0.4, 0.5) is 0 Å². The van der Waals surface area contributed by atoms with Gasteiger partial charge in [-0.3, -0.25) is 0 Å². The Balaban J connectivity index is 2.21. The van der Waals surface area contributed by atoms with Crippen molar-refractivity contribution in [1.29, 1.82) is 0 Å². The monoisotopic (exact) mass is 194 g/mol. The molecular weight excluding hydrogens is 176 g/mol. The van der Waals surface area contributed by atoms with Crippen LogP contribution in [0.1, 0.15) is 12.0 Å². The lowest BCUT2D eigenvalue weighted by molar-refractivity contribution is 0.464. The first-order chi connectivity index (χ1) is 6.84. The number of nitrogens with one attached hydrogen (secondary N) is 2. The normalized spacial score (nSPS) is 10.4. The minimum Gasteiger partial charge on any atom is -0.508 e. The van der Waals surface area contributed by atoms with Crippen molar-refractivity contribution in [3.05, 3.63) is 29.8 Å². The van der Waals surface area contributed by atoms with Crippen LogP contribution in [0.2, 0.25) is 0 Å². The molecule has 78 valence electrons. The molecule has 0 aromatic heterocycles. The molecule has 1 aromatic carbocycles. The molecule has 3 heteroatoms. The molecule has 1 aromatic rings. The van der Waals surface area contributed by atoms with Gasteiger partial charge in [-0.05, 0) is 32.6 Å². The average Bonchev–Trinajstić information content (AvgIpc) is 2.20. The number of para-hydroxylation sites is 1. The van der Waals surface area contributed by atoms with E-state index in [1.807, 2.05) is 25.2 Å². The van der Waals surface area contributed by atoms with Crippen molar-refractivity contribution in [2.24, 2.45) is 0 Å². The lowest BCUT2D eigenvalue weighted by Crippen LogP contribution is -2.19. The molecule has 0 saturated heterocycles. The number of rotatable bonds is 6. The average molecular weight is 194 g/mol. The van der Waals surface area contributed by atoms with Crippen molar-refractivity contribution in [3.8, 4) is 5.75 Å². The largest absolute Gasteiger partial charge is 0.508 e. The van der Waals surface area contributed by atoms with Crippen LogP contribution in [-0.2, 0) is 6.54 Å². The molecule has 14 heavy (non-hydrogen) atoms. The summed E-state index contributed by atoms with van der Waals surface area (Å²) in [5.41, 5.74) is 0.956. The Morgan fingerprint density at radius 1 is 1.21 bits per heavy atom. The molecule has 0 bridgehead atoms. The highest BCUT2D eigenvalue weighted by Crippen LogP contribution is 2.14. The van der Waals surface area contributed by atoms with E-state index in [1.165, 1.54) is 0 Å². The van der Waals surface area contributed by atoms with Crippen molar-refractivity contribution < 1.29 is 5.11 Å². The van der Waals surface area contributed by atoms with E-state index in [0.29, 0.717) is 5.75 Å². The molecule has 0 atom stereocenters. The fourth-order valence-corrected chi connectivity index (χ4v) is 1.27. The van der Waals surface area contributed by atoms with Gasteiger partial charge in [0.25, 0.3) is 0 Å². The number of benzene rings is 1. The first-order valence-corrected chi connectivity index (χ1v) is 4.97. The number of phenols is 1. The molecule has 0 heterocycles. The standard InChI is InChI=1S/C11H18N2O/c1-12-7-4-8-13-9-10-5-2-3-6-11(10)14/h2-3,5-6,12-14H,4,7-9H2,1H3. The van der Waals surface area contributed by atoms with E-state index in [4.69, 9.17) is 0 Å². The van der Waals surface area contributed by atoms with Crippen molar-refractivity contribution in [3.63, 3.8) is 0 Å². The number of phenolic OH excluding ortho intramolecular Hbond substituents is 1. The Morgan fingerprint density at radius 3 is 2.71 bits per heavy atom. The highest BCUT2D eigenvalue weighted by Gasteiger charge is 1.97. The predicted molar refractivity (Wildman–Crippen MR) is 58.4 cm³/mol. The van der Waals surface area contributed by atoms with Crippen LogP contribution in [0, 0.1) is 0 Å². The first kappa shape index (κ1) is 11.0. The molecule has 0 aliphatic heterocycles. The second-order valence-corrected chi connectivity index (χ2v) is 3.26. The Morgan fingerprint density at radius 2 is 2.00 bits per heavy atom. The van der Waals surface area contributed by atoms with Crippen molar-refractivity contribution in [1.82, 2.24) is 10.6 Å². The third kappa shape index (κ3) is 3.77. The van der Waals surface area contributed by atoms with Crippen LogP contribution >= 0.6 is 0 Å². The number of hydrogen-bond acceptors (Lipinski definition) is 3. The van der Waals surface area contributed by atoms with Crippen LogP contribution in [0.5, 0.6) is 5.75 Å². The van der Waals surface area contributed by atoms with E-state index < -0.39 is 0 Å². The molecule has 1 rings (SSSR count). The Kier molecular flexibility index (Phi) is 5.04. The third-order valence-electron chi connectivity index (χ3n) is 2.09. The van der Waals surface area contributed by atoms with Crippen LogP contribution in [0.25, 0.3) is 0 Å². The summed E-state index contributed by atoms with van der Waals surface area (Å²) in [5.74, 6) is 0.369. The zero-order chi connectivity index (χ0) is 10.2. The van der Waals surface area contributed by atoms with Gasteiger partial charge in [-0.2, -0.15) is 0 Å². The summed E-state index contributed by atoms with van der Waals surface area (Å²) in [6.07, 6.45) is 1.10. The molecule has 0 amide bonds. The van der Waals surface area contributed by atoms with Crippen molar-refractivity contribution in [2.75, 3.05) is 20.1 Å². The van der Waals surface area contributed by atoms with Gasteiger partial charge >= 0.3 is 0 Å². The molecular formula is C11H18N2O. The van der Waals surface area contributed by atoms with Gasteiger partial charge in [0.1, 0.15) is 5.75 Å². The smallest absolute Gasteiger partial charge is 0.120 e. The fourth-order valence-electron chi connectivity index (χ4n) is 1.27. The first-order valence-electron chi connectivity index (χ1n) is 4.97. The molecule has 0 fully saturated rings. The zero-order valence-corrected chi connectivity index (χ0v) is 8.59. The molecule has 0 aliphatic carbocycles. The maximum Gasteiger partial charge on any atom is 0.120 e. The van der Waals surface area contributed by atoms with Gasteiger partial charge in [0, 0.05) is 12.1 Å². The highest BCUT2D eigenvalue weighted by atomic mass is 16.3. The van der Waals surface area contributed by atoms with E-state index in [1.54, 1.807) is 6.07 Å². The minimum atomic E-state index is 0.369. The summed E-state index contributed by atoms with van der Waals surface area (Å²) >= 11 is 0. The van der Waals surface area contributed by atoms with E-state index in [2.05, 4.69) is 10.6 Å². The van der Waals surface area contributed by atoms with E-state index in [9.17, 15) is 5.11 Å². The predicted octanol–water partition coefficient (Wildman–Crippen LogP) is 1.09. The van der Waals surface area contributed by atoms with Gasteiger partial charge in [0.05, 0.1) is 0 Å². The number of aromatic hydroxyl groups is 1. The summed E-state index contributed by atoms with van der Waals surface area (Å²) < 4.78 is 0. The maximum absolute atomic E-state index is 9.46. The summed E-state index contributed by atoms with van der Waals surface area (Å²) in [5, 5.41) is 15.8. The van der Waals surface area contributed by atoms with Crippen LogP contribution < -0.4 is 10.6 Å². The van der Waals surface area contributed by atoms with Crippen LogP contribution in [0.15, 0.2) is 24.3 Å². The molecule has 0 saturated carbocycles. The Hall–Kier alpha value is -1.06. The molecule has 0 spiro atoms. The summed E-state index contributed by atoms with van der Waals surface area (Å²) in [6, 6.07) is 7.41. The van der Waals surface area contributed by atoms with E-state index >= 15 is 0 Å². The van der Waals surface area contributed by atoms with Gasteiger partial charge in [-0.25, -0.2) is 0 Å². The third-order valence-corrected chi connectivity index (χ3v) is 2.09. The van der Waals surface area contributed by atoms with Crippen LogP contribution in [-0.4, -0.2) is 25.2 Å². The lowest BCUT2D eigenvalue weighted by Gasteiger charge is -2.06. The molecule has 0 radical (unpaired) electrons. The molecule has 3 nitrogen and oxygen atoms in total. The highest BCUT2D eigenvalue weighted by molar-refractivity contribution is 5.31. The molecule has 0 unspecified atom stereocenters. The number of hydrogen-bond donors (Lipinski definition) is 3. The molecule has 0 aliphatic rings. The van der Waals surface area contributed by atoms with E-state index in [0.717, 1.165) is 31.6 Å². The summed E-state index contributed by atoms with van der Waals surface area (Å²) in [6.45, 7) is 2.72. The van der Waals surface area contributed by atoms with Gasteiger partial charge in [0.15, 0.2) is 0 Å². The summed E-state index contributed by atoms with van der Waals surface area (Å²) in [4.78, 5) is 0. The van der Waals surface area contributed by atoms with Crippen molar-refractivity contribution >= 4 is 0 Å². The van der Waals surface area contributed by atoms with Crippen LogP contribution in [0.3, 0.4) is 0 Å². The second-order valence-electron chi connectivity index (χ2n) is 3.26. The van der Waals surface area contributed by atoms with E-state index in [-0.39, 0.29) is 0 Å². The topological polar surface area (TPSA) is 44.3 Å². The maximum atomic E-state index is 9.46. The van der Waals surface area contributed by atoms with Gasteiger partial charge in [-0.1, -0.05) is 18.2 Å². The summed E-state index contributed by atoms with van der Waals surface area (Å²) in [7, 11) is 1.95. The van der Waals surface area contributed by atoms with Crippen molar-refractivity contribution in [2.45, 2.75) is 13.0 Å². The van der Waals surface area contributed by atoms with Gasteiger partial charge in [-0.15, -0.1) is 0 Å². The molecule has 3 N–H and O–H groups in total. The Bertz CT molecular complexity index is 263. The van der Waals surface area contributed by atoms with Gasteiger partial charge < -0.3 is 15.7 Å². The Labute approximate surface area is 85.2 Å². The quantitative estimate of drug-likeness (QED) is 0.594. The second kappa shape index (κ2) is 6.40.